The number of aliphatic hydroxyl groups excluding tert-OH is 1. The highest BCUT2D eigenvalue weighted by atomic mass is 127. The Morgan fingerprint density at radius 3 is 2.30 bits per heavy atom. The van der Waals surface area contributed by atoms with Crippen molar-refractivity contribution in [3.63, 3.8) is 0 Å². The van der Waals surface area contributed by atoms with Crippen molar-refractivity contribution in [2.45, 2.75) is 166 Å². The molecule has 4 aliphatic carbocycles. The first-order valence-electron chi connectivity index (χ1n) is 25.7. The Bertz CT molecular complexity index is 2480. The number of anilines is 1. The van der Waals surface area contributed by atoms with Crippen molar-refractivity contribution in [2.24, 2.45) is 27.0 Å². The number of piperidine rings is 1. The lowest BCUT2D eigenvalue weighted by molar-refractivity contribution is -0.248. The number of fused-ring (bicyclic) bond motifs is 1. The summed E-state index contributed by atoms with van der Waals surface area (Å²) in [6, 6.07) is 11.5. The van der Waals surface area contributed by atoms with Crippen LogP contribution in [0.25, 0.3) is 21.3 Å². The molecule has 374 valence electrons. The van der Waals surface area contributed by atoms with Crippen LogP contribution < -0.4 is 10.6 Å². The van der Waals surface area contributed by atoms with Crippen LogP contribution in [0.15, 0.2) is 58.7 Å². The maximum Gasteiger partial charge on any atom is 0.355 e. The van der Waals surface area contributed by atoms with Crippen molar-refractivity contribution in [1.29, 1.82) is 5.41 Å². The minimum absolute atomic E-state index is 0.0365. The van der Waals surface area contributed by atoms with Gasteiger partial charge < -0.3 is 30.5 Å². The molecule has 4 saturated carbocycles. The summed E-state index contributed by atoms with van der Waals surface area (Å²) in [5.41, 5.74) is 11.3. The van der Waals surface area contributed by atoms with Crippen molar-refractivity contribution in [3.05, 3.63) is 65.1 Å². The van der Waals surface area contributed by atoms with E-state index in [0.717, 1.165) is 105 Å². The molecule has 5 N–H and O–H groups in total. The number of likely N-dealkylation sites (N-methyl/N-ethyl adjacent to an activating group) is 1. The van der Waals surface area contributed by atoms with Crippen molar-refractivity contribution >= 4 is 72.7 Å². The number of unbranched alkanes of at least 4 members (excludes halogenated alkanes) is 9. The Morgan fingerprint density at radius 2 is 1.62 bits per heavy atom. The van der Waals surface area contributed by atoms with E-state index in [1.807, 2.05) is 49.5 Å². The Kier molecular flexibility index (Phi) is 16.4. The molecule has 3 aromatic heterocycles. The number of pyridine rings is 1. The van der Waals surface area contributed by atoms with Crippen molar-refractivity contribution in [2.75, 3.05) is 38.2 Å². The number of aliphatic hydroxyl groups is 1. The number of aromatic nitrogens is 4. The maximum atomic E-state index is 13.0. The number of thiazole rings is 1. The van der Waals surface area contributed by atoms with Gasteiger partial charge in [-0.25, -0.2) is 19.8 Å². The van der Waals surface area contributed by atoms with Gasteiger partial charge in [0.05, 0.1) is 28.6 Å². The van der Waals surface area contributed by atoms with Crippen LogP contribution in [0.5, 0.6) is 0 Å². The van der Waals surface area contributed by atoms with Gasteiger partial charge in [-0.1, -0.05) is 118 Å². The van der Waals surface area contributed by atoms with E-state index in [2.05, 4.69) is 70.0 Å². The van der Waals surface area contributed by atoms with E-state index in [1.165, 1.54) is 75.5 Å². The number of aliphatic imine (C=N–C) groups is 1. The standard InChI is InChI=1S/C54H76IN9O4S/c1-37(47(56)61-50-59-42-20-15-16-21-43(42)69-50)39-19-18-26-63(48(39)57)45-24-23-40(46(60-45)49(66)67)41-29-58-64(38(41)2)36-53-31-51(3)30-52(4,32-53)34-54(33-51,35-53)68-28-27-62(5)25-17-13-11-9-7-6-8-10-12-14-22-44(55)65/h15-16,20-21,23-24,29,44,57,65H,6-14,17-19,22,25-28,30-36H2,1-5H3,(H,66,67)(H2,56,59,61)/b39-37-,57-48?. The number of carbonyl (C=O) groups is 1. The molecule has 3 atom stereocenters. The molecule has 15 heteroatoms. The number of ether oxygens (including phenoxy) is 1. The van der Waals surface area contributed by atoms with Crippen LogP contribution in [0.3, 0.4) is 0 Å². The highest BCUT2D eigenvalue weighted by molar-refractivity contribution is 14.1. The first-order chi connectivity index (χ1) is 33.0. The molecule has 4 heterocycles. The second-order valence-electron chi connectivity index (χ2n) is 22.1. The minimum atomic E-state index is -1.12. The molecule has 4 bridgehead atoms. The van der Waals surface area contributed by atoms with E-state index in [0.29, 0.717) is 40.9 Å². The molecule has 0 amide bonds. The molecular weight excluding hydrogens is 998 g/mol. The van der Waals surface area contributed by atoms with Gasteiger partial charge in [-0.3, -0.25) is 10.1 Å². The Hall–Kier alpha value is -3.77. The van der Waals surface area contributed by atoms with Gasteiger partial charge in [0.1, 0.15) is 21.6 Å². The van der Waals surface area contributed by atoms with E-state index in [1.54, 1.807) is 4.90 Å². The summed E-state index contributed by atoms with van der Waals surface area (Å²) in [5, 5.41) is 34.8. The van der Waals surface area contributed by atoms with Gasteiger partial charge in [0, 0.05) is 42.0 Å². The van der Waals surface area contributed by atoms with E-state index in [-0.39, 0.29) is 37.5 Å². The molecule has 1 saturated heterocycles. The minimum Gasteiger partial charge on any atom is -0.476 e. The number of carboxylic acids is 1. The maximum absolute atomic E-state index is 13.0. The third kappa shape index (κ3) is 12.3. The highest BCUT2D eigenvalue weighted by Gasteiger charge is 2.66. The van der Waals surface area contributed by atoms with Crippen molar-refractivity contribution in [3.8, 4) is 11.1 Å². The fourth-order valence-corrected chi connectivity index (χ4v) is 14.9. The van der Waals surface area contributed by atoms with Crippen LogP contribution in [-0.4, -0.2) is 95.5 Å². The van der Waals surface area contributed by atoms with Crippen LogP contribution in [0, 0.1) is 28.6 Å². The van der Waals surface area contributed by atoms with Gasteiger partial charge in [-0.15, -0.1) is 0 Å². The third-order valence-corrected chi connectivity index (χ3v) is 17.3. The van der Waals surface area contributed by atoms with Gasteiger partial charge in [-0.2, -0.15) is 5.10 Å². The number of hydrogen-bond donors (Lipinski definition) is 4. The number of nitrogens with one attached hydrogen (secondary N) is 1. The normalized spacial score (nSPS) is 25.9. The van der Waals surface area contributed by atoms with E-state index < -0.39 is 5.97 Å². The van der Waals surface area contributed by atoms with E-state index in [9.17, 15) is 20.4 Å². The summed E-state index contributed by atoms with van der Waals surface area (Å²) in [6.07, 6.45) is 23.8. The Balaban J connectivity index is 0.882. The quantitative estimate of drug-likeness (QED) is 0.0173. The molecule has 1 aliphatic heterocycles. The number of alkyl halides is 1. The van der Waals surface area contributed by atoms with Crippen LogP contribution in [-0.2, 0) is 11.3 Å². The zero-order valence-electron chi connectivity index (χ0n) is 41.8. The monoisotopic (exact) mass is 1070 g/mol. The first-order valence-corrected chi connectivity index (χ1v) is 27.7. The van der Waals surface area contributed by atoms with Gasteiger partial charge >= 0.3 is 5.97 Å². The topological polar surface area (TPSA) is 179 Å². The summed E-state index contributed by atoms with van der Waals surface area (Å²) in [5.74, 6) is -0.148. The fourth-order valence-electron chi connectivity index (χ4n) is 13.6. The molecule has 4 aromatic rings. The molecule has 9 rings (SSSR count). The third-order valence-electron chi connectivity index (χ3n) is 15.7. The van der Waals surface area contributed by atoms with Crippen LogP contribution in [0.2, 0.25) is 0 Å². The average molecular weight is 1070 g/mol. The number of rotatable bonds is 24. The van der Waals surface area contributed by atoms with E-state index >= 15 is 0 Å². The number of carboxylic acid groups (broad SMARTS) is 1. The second-order valence-corrected chi connectivity index (χ2v) is 24.6. The highest BCUT2D eigenvalue weighted by Crippen LogP contribution is 2.72. The first kappa shape index (κ1) is 51.6. The summed E-state index contributed by atoms with van der Waals surface area (Å²) >= 11 is 3.57. The molecule has 5 fully saturated rings. The number of nitrogens with two attached hydrogens (primary N) is 1. The predicted octanol–water partition coefficient (Wildman–Crippen LogP) is 12.3. The molecule has 13 nitrogen and oxygen atoms in total. The number of para-hydroxylation sites is 1. The summed E-state index contributed by atoms with van der Waals surface area (Å²) in [7, 11) is 2.25. The average Bonchev–Trinajstić information content (AvgIpc) is 3.86. The molecule has 5 aliphatic rings. The van der Waals surface area contributed by atoms with Gasteiger partial charge in [-0.05, 0) is 138 Å². The van der Waals surface area contributed by atoms with Gasteiger partial charge in [0.15, 0.2) is 5.69 Å². The molecule has 3 unspecified atom stereocenters. The van der Waals surface area contributed by atoms with E-state index in [4.69, 9.17) is 20.6 Å². The van der Waals surface area contributed by atoms with Gasteiger partial charge in [0.2, 0.25) is 5.13 Å². The largest absolute Gasteiger partial charge is 0.476 e. The summed E-state index contributed by atoms with van der Waals surface area (Å²) in [4.78, 5) is 31.2. The number of benzene rings is 1. The lowest BCUT2D eigenvalue weighted by Crippen LogP contribution is -2.64. The van der Waals surface area contributed by atoms with Crippen molar-refractivity contribution in [1.82, 2.24) is 24.6 Å². The molecule has 69 heavy (non-hydrogen) atoms. The second kappa shape index (κ2) is 21.9. The van der Waals surface area contributed by atoms with Crippen molar-refractivity contribution < 1.29 is 19.7 Å². The number of nitrogens with zero attached hydrogens (tertiary/aromatic N) is 7. The molecule has 0 spiro atoms. The lowest BCUT2D eigenvalue weighted by atomic mass is 9.39. The lowest BCUT2D eigenvalue weighted by Gasteiger charge is -2.69. The number of hydrogen-bond acceptors (Lipinski definition) is 10. The van der Waals surface area contributed by atoms with Crippen LogP contribution in [0.1, 0.15) is 159 Å². The smallest absolute Gasteiger partial charge is 0.355 e. The predicted molar refractivity (Wildman–Crippen MR) is 288 cm³/mol. The van der Waals surface area contributed by atoms with Crippen LogP contribution in [0.4, 0.5) is 10.9 Å². The fraction of sp³-hybridized carbons (Fsp3) is 0.630. The molecule has 1 aromatic carbocycles. The van der Waals surface area contributed by atoms with Crippen LogP contribution >= 0.6 is 33.9 Å². The number of amidine groups is 2. The zero-order chi connectivity index (χ0) is 49.0. The Labute approximate surface area is 427 Å². The Morgan fingerprint density at radius 1 is 0.942 bits per heavy atom. The summed E-state index contributed by atoms with van der Waals surface area (Å²) < 4.78 is 10.1. The van der Waals surface area contributed by atoms with Gasteiger partial charge in [0.25, 0.3) is 0 Å². The number of halogens is 1. The number of aromatic carboxylic acids is 1. The molecular formula is C54H76IN9O4S. The molecule has 0 radical (unpaired) electrons. The summed E-state index contributed by atoms with van der Waals surface area (Å²) in [6.45, 7) is 13.0. The zero-order valence-corrected chi connectivity index (χ0v) is 44.8. The SMILES string of the molecule is CC(/C(N)=N/c1nc2ccccc2s1)=C1\CCCN(c2ccc(-c3cnn(CC45CC6(C)CC(C)(C4)CC(OCCN(C)CCCCCCCCCCCCC(O)I)(C6)C5)c3C)c(C(=O)O)n2)C1=N.